The highest BCUT2D eigenvalue weighted by Gasteiger charge is 2.12. The first-order chi connectivity index (χ1) is 7.77. The second kappa shape index (κ2) is 3.99. The number of hydrogen-bond acceptors (Lipinski definition) is 4. The number of aromatic nitrogens is 1. The Morgan fingerprint density at radius 2 is 2.19 bits per heavy atom. The minimum absolute atomic E-state index is 0.233. The second-order valence-electron chi connectivity index (χ2n) is 3.16. The van der Waals surface area contributed by atoms with Crippen molar-refractivity contribution in [1.82, 2.24) is 4.98 Å². The summed E-state index contributed by atoms with van der Waals surface area (Å²) in [5.74, 6) is -0.499. The van der Waals surface area contributed by atoms with Crippen LogP contribution in [0.15, 0.2) is 30.5 Å². The van der Waals surface area contributed by atoms with Gasteiger partial charge in [0.15, 0.2) is 5.69 Å². The van der Waals surface area contributed by atoms with Crippen molar-refractivity contribution in [2.75, 3.05) is 7.11 Å². The van der Waals surface area contributed by atoms with Crippen LogP contribution in [0.25, 0.3) is 10.8 Å². The average molecular weight is 212 g/mol. The van der Waals surface area contributed by atoms with Crippen molar-refractivity contribution < 1.29 is 9.53 Å². The molecule has 0 unspecified atom stereocenters. The zero-order chi connectivity index (χ0) is 11.5. The van der Waals surface area contributed by atoms with E-state index >= 15 is 0 Å². The van der Waals surface area contributed by atoms with Crippen LogP contribution >= 0.6 is 0 Å². The number of esters is 1. The van der Waals surface area contributed by atoms with Gasteiger partial charge in [-0.05, 0) is 12.1 Å². The average Bonchev–Trinajstić information content (AvgIpc) is 2.36. The number of benzene rings is 1. The molecule has 0 saturated carbocycles. The summed E-state index contributed by atoms with van der Waals surface area (Å²) in [6.07, 6.45) is 1.50. The van der Waals surface area contributed by atoms with Gasteiger partial charge in [-0.2, -0.15) is 5.26 Å². The molecule has 0 radical (unpaired) electrons. The number of nitriles is 1. The summed E-state index contributed by atoms with van der Waals surface area (Å²) in [5.41, 5.74) is 0.752. The molecule has 0 saturated heterocycles. The first-order valence-electron chi connectivity index (χ1n) is 4.64. The zero-order valence-corrected chi connectivity index (χ0v) is 8.60. The molecule has 2 aromatic rings. The molecular weight excluding hydrogens is 204 g/mol. The summed E-state index contributed by atoms with van der Waals surface area (Å²) in [6.45, 7) is 0. The van der Waals surface area contributed by atoms with Crippen LogP contribution in [0.4, 0.5) is 0 Å². The van der Waals surface area contributed by atoms with Gasteiger partial charge in [0.2, 0.25) is 0 Å². The normalized spacial score (nSPS) is 9.75. The molecule has 4 nitrogen and oxygen atoms in total. The van der Waals surface area contributed by atoms with Gasteiger partial charge >= 0.3 is 5.97 Å². The first-order valence-corrected chi connectivity index (χ1v) is 4.64. The molecule has 0 spiro atoms. The van der Waals surface area contributed by atoms with Crippen LogP contribution < -0.4 is 0 Å². The minimum Gasteiger partial charge on any atom is -0.464 e. The van der Waals surface area contributed by atoms with E-state index in [1.165, 1.54) is 13.3 Å². The standard InChI is InChI=1S/C12H8N2O2/c1-16-12(15)11-10-4-2-3-8(7-13)9(10)5-6-14-11/h2-6H,1H3. The lowest BCUT2D eigenvalue weighted by atomic mass is 10.1. The Balaban J connectivity index is 2.80. The summed E-state index contributed by atoms with van der Waals surface area (Å²) in [6, 6.07) is 8.94. The molecule has 16 heavy (non-hydrogen) atoms. The molecular formula is C12H8N2O2. The number of nitrogens with zero attached hydrogens (tertiary/aromatic N) is 2. The van der Waals surface area contributed by atoms with E-state index in [0.29, 0.717) is 16.3 Å². The molecule has 4 heteroatoms. The lowest BCUT2D eigenvalue weighted by Crippen LogP contribution is -2.04. The van der Waals surface area contributed by atoms with Crippen molar-refractivity contribution in [2.45, 2.75) is 0 Å². The van der Waals surface area contributed by atoms with Gasteiger partial charge in [0.1, 0.15) is 0 Å². The van der Waals surface area contributed by atoms with E-state index in [9.17, 15) is 4.79 Å². The lowest BCUT2D eigenvalue weighted by molar-refractivity contribution is 0.0596. The quantitative estimate of drug-likeness (QED) is 0.677. The van der Waals surface area contributed by atoms with Gasteiger partial charge in [-0.1, -0.05) is 12.1 Å². The number of carbonyl (C=O) groups excluding carboxylic acids is 1. The van der Waals surface area contributed by atoms with Crippen molar-refractivity contribution in [2.24, 2.45) is 0 Å². The van der Waals surface area contributed by atoms with Crippen LogP contribution in [-0.2, 0) is 4.74 Å². The van der Waals surface area contributed by atoms with Crippen molar-refractivity contribution >= 4 is 16.7 Å². The Labute approximate surface area is 92.1 Å². The van der Waals surface area contributed by atoms with Crippen molar-refractivity contribution in [3.8, 4) is 6.07 Å². The predicted octanol–water partition coefficient (Wildman–Crippen LogP) is 1.89. The first kappa shape index (κ1) is 10.1. The molecule has 0 aliphatic rings. The maximum absolute atomic E-state index is 11.5. The summed E-state index contributed by atoms with van der Waals surface area (Å²) in [5, 5.41) is 10.3. The SMILES string of the molecule is COC(=O)c1nccc2c(C#N)cccc12. The number of carbonyl (C=O) groups is 1. The fourth-order valence-corrected chi connectivity index (χ4v) is 1.56. The smallest absolute Gasteiger partial charge is 0.357 e. The number of rotatable bonds is 1. The van der Waals surface area contributed by atoms with Gasteiger partial charge in [0, 0.05) is 17.0 Å². The molecule has 0 aliphatic carbocycles. The van der Waals surface area contributed by atoms with Crippen LogP contribution in [0.2, 0.25) is 0 Å². The third-order valence-corrected chi connectivity index (χ3v) is 2.31. The van der Waals surface area contributed by atoms with E-state index in [4.69, 9.17) is 5.26 Å². The Hall–Kier alpha value is -2.41. The van der Waals surface area contributed by atoms with Crippen LogP contribution in [0.1, 0.15) is 16.1 Å². The Morgan fingerprint density at radius 3 is 2.88 bits per heavy atom. The second-order valence-corrected chi connectivity index (χ2v) is 3.16. The van der Waals surface area contributed by atoms with E-state index in [1.807, 2.05) is 0 Å². The summed E-state index contributed by atoms with van der Waals surface area (Å²) < 4.78 is 4.63. The van der Waals surface area contributed by atoms with E-state index in [-0.39, 0.29) is 5.69 Å². The molecule has 1 aromatic heterocycles. The fourth-order valence-electron chi connectivity index (χ4n) is 1.56. The molecule has 0 fully saturated rings. The molecule has 2 rings (SSSR count). The maximum atomic E-state index is 11.5. The monoisotopic (exact) mass is 212 g/mol. The van der Waals surface area contributed by atoms with Gasteiger partial charge in [0.25, 0.3) is 0 Å². The van der Waals surface area contributed by atoms with Crippen molar-refractivity contribution in [1.29, 1.82) is 5.26 Å². The Bertz CT molecular complexity index is 599. The number of hydrogen-bond donors (Lipinski definition) is 0. The maximum Gasteiger partial charge on any atom is 0.357 e. The lowest BCUT2D eigenvalue weighted by Gasteiger charge is -2.04. The number of methoxy groups -OCH3 is 1. The van der Waals surface area contributed by atoms with E-state index < -0.39 is 5.97 Å². The van der Waals surface area contributed by atoms with Crippen LogP contribution in [0, 0.1) is 11.3 Å². The van der Waals surface area contributed by atoms with Crippen molar-refractivity contribution in [3.05, 3.63) is 41.7 Å². The van der Waals surface area contributed by atoms with Gasteiger partial charge < -0.3 is 4.74 Å². The summed E-state index contributed by atoms with van der Waals surface area (Å²) in [4.78, 5) is 15.4. The predicted molar refractivity (Wildman–Crippen MR) is 57.8 cm³/mol. The van der Waals surface area contributed by atoms with E-state index in [0.717, 1.165) is 0 Å². The fraction of sp³-hybridized carbons (Fsp3) is 0.0833. The highest BCUT2D eigenvalue weighted by molar-refractivity contribution is 6.03. The zero-order valence-electron chi connectivity index (χ0n) is 8.60. The van der Waals surface area contributed by atoms with E-state index in [1.54, 1.807) is 24.3 Å². The summed E-state index contributed by atoms with van der Waals surface area (Å²) in [7, 11) is 1.30. The van der Waals surface area contributed by atoms with Crippen LogP contribution in [0.3, 0.4) is 0 Å². The molecule has 1 heterocycles. The summed E-state index contributed by atoms with van der Waals surface area (Å²) >= 11 is 0. The van der Waals surface area contributed by atoms with Gasteiger partial charge in [-0.25, -0.2) is 9.78 Å². The highest BCUT2D eigenvalue weighted by atomic mass is 16.5. The van der Waals surface area contributed by atoms with Crippen LogP contribution in [-0.4, -0.2) is 18.1 Å². The molecule has 0 N–H and O–H groups in total. The third-order valence-electron chi connectivity index (χ3n) is 2.31. The Kier molecular flexibility index (Phi) is 2.52. The molecule has 78 valence electrons. The molecule has 0 aliphatic heterocycles. The third kappa shape index (κ3) is 1.48. The van der Waals surface area contributed by atoms with Crippen LogP contribution in [0.5, 0.6) is 0 Å². The van der Waals surface area contributed by atoms with Crippen molar-refractivity contribution in [3.63, 3.8) is 0 Å². The minimum atomic E-state index is -0.499. The number of pyridine rings is 1. The number of fused-ring (bicyclic) bond motifs is 1. The largest absolute Gasteiger partial charge is 0.464 e. The number of ether oxygens (including phenoxy) is 1. The van der Waals surface area contributed by atoms with Gasteiger partial charge in [-0.3, -0.25) is 0 Å². The molecule has 0 amide bonds. The molecule has 0 atom stereocenters. The van der Waals surface area contributed by atoms with Gasteiger partial charge in [-0.15, -0.1) is 0 Å². The molecule has 0 bridgehead atoms. The highest BCUT2D eigenvalue weighted by Crippen LogP contribution is 2.20. The Morgan fingerprint density at radius 1 is 1.38 bits per heavy atom. The van der Waals surface area contributed by atoms with E-state index in [2.05, 4.69) is 15.8 Å². The van der Waals surface area contributed by atoms with Gasteiger partial charge in [0.05, 0.1) is 18.7 Å². The molecule has 1 aromatic carbocycles. The topological polar surface area (TPSA) is 63.0 Å².